The van der Waals surface area contributed by atoms with Gasteiger partial charge in [-0.25, -0.2) is 4.79 Å². The third kappa shape index (κ3) is 4.08. The molecule has 20 heavy (non-hydrogen) atoms. The lowest BCUT2D eigenvalue weighted by Gasteiger charge is -2.26. The fourth-order valence-electron chi connectivity index (χ4n) is 2.57. The first-order chi connectivity index (χ1) is 9.54. The number of hydrogen-bond donors (Lipinski definition) is 2. The molecule has 1 aromatic carbocycles. The van der Waals surface area contributed by atoms with Gasteiger partial charge in [-0.3, -0.25) is 4.79 Å². The third-order valence-electron chi connectivity index (χ3n) is 3.88. The second-order valence-electron chi connectivity index (χ2n) is 5.69. The van der Waals surface area contributed by atoms with Crippen molar-refractivity contribution in [3.63, 3.8) is 0 Å². The molecule has 0 aromatic heterocycles. The van der Waals surface area contributed by atoms with E-state index in [0.29, 0.717) is 11.3 Å². The number of amides is 2. The first-order valence-corrected chi connectivity index (χ1v) is 7.23. The van der Waals surface area contributed by atoms with E-state index >= 15 is 0 Å². The maximum atomic E-state index is 11.9. The van der Waals surface area contributed by atoms with Crippen LogP contribution < -0.4 is 10.6 Å². The monoisotopic (exact) mass is 274 g/mol. The molecule has 4 nitrogen and oxygen atoms in total. The highest BCUT2D eigenvalue weighted by atomic mass is 16.2. The minimum Gasteiger partial charge on any atom is -0.335 e. The molecule has 1 aliphatic carbocycles. The Kier molecular flexibility index (Phi) is 4.77. The summed E-state index contributed by atoms with van der Waals surface area (Å²) in [4.78, 5) is 23.2. The average Bonchev–Trinajstić information content (AvgIpc) is 2.41. The molecule has 2 rings (SSSR count). The first-order valence-electron chi connectivity index (χ1n) is 7.23. The van der Waals surface area contributed by atoms with E-state index in [1.807, 2.05) is 0 Å². The SMILES string of the molecule is CC(=O)c1cccc(NC(=O)NC2CCC(C)CC2)c1. The Labute approximate surface area is 119 Å². The number of hydrogen-bond acceptors (Lipinski definition) is 2. The number of anilines is 1. The van der Waals surface area contributed by atoms with Gasteiger partial charge in [0.2, 0.25) is 0 Å². The van der Waals surface area contributed by atoms with Gasteiger partial charge in [0.05, 0.1) is 0 Å². The van der Waals surface area contributed by atoms with E-state index in [1.165, 1.54) is 19.8 Å². The fourth-order valence-corrected chi connectivity index (χ4v) is 2.57. The van der Waals surface area contributed by atoms with Crippen molar-refractivity contribution < 1.29 is 9.59 Å². The summed E-state index contributed by atoms with van der Waals surface area (Å²) in [6, 6.07) is 7.08. The Hall–Kier alpha value is -1.84. The average molecular weight is 274 g/mol. The molecule has 2 amide bonds. The molecule has 4 heteroatoms. The molecular weight excluding hydrogens is 252 g/mol. The number of carbonyl (C=O) groups is 2. The lowest BCUT2D eigenvalue weighted by Crippen LogP contribution is -2.39. The quantitative estimate of drug-likeness (QED) is 0.827. The lowest BCUT2D eigenvalue weighted by atomic mass is 9.87. The van der Waals surface area contributed by atoms with Crippen LogP contribution in [-0.4, -0.2) is 17.9 Å². The van der Waals surface area contributed by atoms with E-state index in [2.05, 4.69) is 17.6 Å². The Morgan fingerprint density at radius 3 is 2.50 bits per heavy atom. The summed E-state index contributed by atoms with van der Waals surface area (Å²) >= 11 is 0. The fraction of sp³-hybridized carbons (Fsp3) is 0.500. The largest absolute Gasteiger partial charge is 0.335 e. The van der Waals surface area contributed by atoms with Crippen molar-refractivity contribution in [3.05, 3.63) is 29.8 Å². The molecule has 0 bridgehead atoms. The molecule has 0 heterocycles. The highest BCUT2D eigenvalue weighted by Crippen LogP contribution is 2.23. The van der Waals surface area contributed by atoms with Gasteiger partial charge in [-0.1, -0.05) is 19.1 Å². The lowest BCUT2D eigenvalue weighted by molar-refractivity contribution is 0.101. The second kappa shape index (κ2) is 6.55. The molecule has 1 aromatic rings. The predicted molar refractivity (Wildman–Crippen MR) is 80.0 cm³/mol. The maximum absolute atomic E-state index is 11.9. The smallest absolute Gasteiger partial charge is 0.319 e. The summed E-state index contributed by atoms with van der Waals surface area (Å²) in [5.41, 5.74) is 1.26. The van der Waals surface area contributed by atoms with Crippen molar-refractivity contribution >= 4 is 17.5 Å². The van der Waals surface area contributed by atoms with Crippen LogP contribution in [0.15, 0.2) is 24.3 Å². The number of rotatable bonds is 3. The van der Waals surface area contributed by atoms with E-state index in [0.717, 1.165) is 18.8 Å². The van der Waals surface area contributed by atoms with E-state index in [-0.39, 0.29) is 17.9 Å². The van der Waals surface area contributed by atoms with Crippen molar-refractivity contribution in [3.8, 4) is 0 Å². The van der Waals surface area contributed by atoms with E-state index in [4.69, 9.17) is 0 Å². The second-order valence-corrected chi connectivity index (χ2v) is 5.69. The molecule has 108 valence electrons. The van der Waals surface area contributed by atoms with Crippen LogP contribution in [0, 0.1) is 5.92 Å². The molecule has 0 atom stereocenters. The standard InChI is InChI=1S/C16H22N2O2/c1-11-6-8-14(9-7-11)17-16(20)18-15-5-3-4-13(10-15)12(2)19/h3-5,10-11,14H,6-9H2,1-2H3,(H2,17,18,20). The van der Waals surface area contributed by atoms with Gasteiger partial charge in [-0.2, -0.15) is 0 Å². The van der Waals surface area contributed by atoms with Crippen LogP contribution in [0.3, 0.4) is 0 Å². The van der Waals surface area contributed by atoms with Crippen LogP contribution in [0.1, 0.15) is 49.9 Å². The molecule has 1 aliphatic rings. The number of nitrogens with one attached hydrogen (secondary N) is 2. The Bertz CT molecular complexity index is 491. The van der Waals surface area contributed by atoms with Crippen LogP contribution in [-0.2, 0) is 0 Å². The van der Waals surface area contributed by atoms with Crippen LogP contribution >= 0.6 is 0 Å². The molecule has 0 aliphatic heterocycles. The molecule has 0 radical (unpaired) electrons. The maximum Gasteiger partial charge on any atom is 0.319 e. The number of Topliss-reactive ketones (excluding diaryl/α,β-unsaturated/α-hetero) is 1. The number of carbonyl (C=O) groups excluding carboxylic acids is 2. The summed E-state index contributed by atoms with van der Waals surface area (Å²) < 4.78 is 0. The molecule has 2 N–H and O–H groups in total. The first kappa shape index (κ1) is 14.6. The van der Waals surface area contributed by atoms with Crippen molar-refractivity contribution in [2.75, 3.05) is 5.32 Å². The molecule has 0 unspecified atom stereocenters. The molecule has 1 fully saturated rings. The zero-order valence-corrected chi connectivity index (χ0v) is 12.1. The third-order valence-corrected chi connectivity index (χ3v) is 3.88. The van der Waals surface area contributed by atoms with Crippen molar-refractivity contribution in [1.29, 1.82) is 0 Å². The van der Waals surface area contributed by atoms with Gasteiger partial charge < -0.3 is 10.6 Å². The van der Waals surface area contributed by atoms with Crippen molar-refractivity contribution in [2.24, 2.45) is 5.92 Å². The number of ketones is 1. The summed E-state index contributed by atoms with van der Waals surface area (Å²) in [7, 11) is 0. The minimum atomic E-state index is -0.190. The zero-order valence-electron chi connectivity index (χ0n) is 12.1. The number of benzene rings is 1. The van der Waals surface area contributed by atoms with Crippen LogP contribution in [0.25, 0.3) is 0 Å². The van der Waals surface area contributed by atoms with Gasteiger partial charge in [0.25, 0.3) is 0 Å². The molecular formula is C16H22N2O2. The van der Waals surface area contributed by atoms with Gasteiger partial charge in [-0.15, -0.1) is 0 Å². The van der Waals surface area contributed by atoms with Gasteiger partial charge in [-0.05, 0) is 50.7 Å². The van der Waals surface area contributed by atoms with Crippen LogP contribution in [0.5, 0.6) is 0 Å². The topological polar surface area (TPSA) is 58.2 Å². The summed E-state index contributed by atoms with van der Waals surface area (Å²) in [5, 5.41) is 5.80. The zero-order chi connectivity index (χ0) is 14.5. The van der Waals surface area contributed by atoms with E-state index < -0.39 is 0 Å². The van der Waals surface area contributed by atoms with Gasteiger partial charge >= 0.3 is 6.03 Å². The highest BCUT2D eigenvalue weighted by Gasteiger charge is 2.19. The van der Waals surface area contributed by atoms with Gasteiger partial charge in [0.1, 0.15) is 0 Å². The predicted octanol–water partition coefficient (Wildman–Crippen LogP) is 3.59. The van der Waals surface area contributed by atoms with Gasteiger partial charge in [0.15, 0.2) is 5.78 Å². The van der Waals surface area contributed by atoms with Crippen LogP contribution in [0.4, 0.5) is 10.5 Å². The van der Waals surface area contributed by atoms with Crippen molar-refractivity contribution in [1.82, 2.24) is 5.32 Å². The molecule has 0 saturated heterocycles. The Morgan fingerprint density at radius 2 is 1.85 bits per heavy atom. The Balaban J connectivity index is 1.88. The van der Waals surface area contributed by atoms with Crippen LogP contribution in [0.2, 0.25) is 0 Å². The summed E-state index contributed by atoms with van der Waals surface area (Å²) in [6.45, 7) is 3.77. The molecule has 0 spiro atoms. The summed E-state index contributed by atoms with van der Waals surface area (Å²) in [5.74, 6) is 0.763. The Morgan fingerprint density at radius 1 is 1.15 bits per heavy atom. The van der Waals surface area contributed by atoms with E-state index in [9.17, 15) is 9.59 Å². The molecule has 1 saturated carbocycles. The normalized spacial score (nSPS) is 22.1. The summed E-state index contributed by atoms with van der Waals surface area (Å²) in [6.07, 6.45) is 4.43. The van der Waals surface area contributed by atoms with E-state index in [1.54, 1.807) is 24.3 Å². The number of urea groups is 1. The van der Waals surface area contributed by atoms with Gasteiger partial charge in [0, 0.05) is 17.3 Å². The minimum absolute atomic E-state index is 0.00433. The highest BCUT2D eigenvalue weighted by molar-refractivity contribution is 5.96. The van der Waals surface area contributed by atoms with Crippen molar-refractivity contribution in [2.45, 2.75) is 45.6 Å².